The summed E-state index contributed by atoms with van der Waals surface area (Å²) in [6.45, 7) is 0. The molecule has 2 atom stereocenters. The Morgan fingerprint density at radius 2 is 1.67 bits per heavy atom. The van der Waals surface area contributed by atoms with E-state index >= 15 is 0 Å². The minimum absolute atomic E-state index is 0.397. The van der Waals surface area contributed by atoms with Crippen LogP contribution in [-0.2, 0) is 32.1 Å². The van der Waals surface area contributed by atoms with Gasteiger partial charge >= 0.3 is 11.9 Å². The summed E-state index contributed by atoms with van der Waals surface area (Å²) < 4.78 is 0. The van der Waals surface area contributed by atoms with Crippen molar-refractivity contribution in [3.8, 4) is 0 Å². The van der Waals surface area contributed by atoms with Gasteiger partial charge in [-0.1, -0.05) is 65.9 Å². The lowest BCUT2D eigenvalue weighted by atomic mass is 10.0. The van der Waals surface area contributed by atoms with Crippen LogP contribution in [0.4, 0.5) is 0 Å². The van der Waals surface area contributed by atoms with Gasteiger partial charge in [0.25, 0.3) is 0 Å². The lowest BCUT2D eigenvalue weighted by Crippen LogP contribution is -2.38. The molecule has 3 rings (SSSR count). The van der Waals surface area contributed by atoms with Gasteiger partial charge in [-0.2, -0.15) is 0 Å². The van der Waals surface area contributed by atoms with Crippen LogP contribution in [0.5, 0.6) is 0 Å². The number of aliphatic carboxylic acids is 1. The largest absolute Gasteiger partial charge is 0.473 e. The maximum atomic E-state index is 11.5. The fourth-order valence-corrected chi connectivity index (χ4v) is 2.79. The number of carbonyl (C=O) groups excluding carboxylic acids is 1. The van der Waals surface area contributed by atoms with Crippen molar-refractivity contribution < 1.29 is 24.4 Å². The van der Waals surface area contributed by atoms with Crippen LogP contribution in [0.2, 0.25) is 0 Å². The number of benzene rings is 2. The third-order valence-electron chi connectivity index (χ3n) is 4.11. The van der Waals surface area contributed by atoms with Gasteiger partial charge < -0.3 is 15.7 Å². The van der Waals surface area contributed by atoms with Crippen LogP contribution >= 0.6 is 0 Å². The molecule has 1 aliphatic rings. The highest BCUT2D eigenvalue weighted by atomic mass is 17.0. The smallest absolute Gasteiger partial charge is 0.443 e. The Morgan fingerprint density at radius 3 is 2.26 bits per heavy atom. The van der Waals surface area contributed by atoms with Gasteiger partial charge in [0.15, 0.2) is 0 Å². The van der Waals surface area contributed by atoms with Crippen LogP contribution in [0.3, 0.4) is 0 Å². The van der Waals surface area contributed by atoms with Gasteiger partial charge in [0.05, 0.1) is 5.70 Å². The van der Waals surface area contributed by atoms with Crippen molar-refractivity contribution in [1.82, 2.24) is 5.23 Å². The van der Waals surface area contributed by atoms with Crippen LogP contribution in [0, 0.1) is 0 Å². The summed E-state index contributed by atoms with van der Waals surface area (Å²) in [5.74, 6) is -3.12. The summed E-state index contributed by atoms with van der Waals surface area (Å²) in [6.07, 6.45) is 2.17. The molecule has 0 aromatic heterocycles. The maximum absolute atomic E-state index is 11.5. The Balaban J connectivity index is 1.74. The van der Waals surface area contributed by atoms with E-state index in [-0.39, 0.29) is 0 Å². The Morgan fingerprint density at radius 1 is 1.07 bits per heavy atom. The summed E-state index contributed by atoms with van der Waals surface area (Å²) in [4.78, 5) is 32.7. The van der Waals surface area contributed by atoms with Crippen LogP contribution in [0.15, 0.2) is 72.4 Å². The van der Waals surface area contributed by atoms with E-state index in [4.69, 9.17) is 20.5 Å². The van der Waals surface area contributed by atoms with Crippen LogP contribution in [-0.4, -0.2) is 34.4 Å². The zero-order valence-electron chi connectivity index (χ0n) is 14.5. The van der Waals surface area contributed by atoms with Gasteiger partial charge in [-0.05, 0) is 23.6 Å². The highest BCUT2D eigenvalue weighted by Crippen LogP contribution is 2.25. The molecule has 0 spiro atoms. The molecule has 2 aromatic rings. The van der Waals surface area contributed by atoms with E-state index < -0.39 is 24.1 Å². The molecule has 0 saturated heterocycles. The molecule has 3 N–H and O–H groups in total. The second kappa shape index (κ2) is 8.48. The van der Waals surface area contributed by atoms with E-state index in [1.165, 1.54) is 0 Å². The monoisotopic (exact) mass is 368 g/mol. The van der Waals surface area contributed by atoms with Crippen molar-refractivity contribution in [3.63, 3.8) is 0 Å². The second-order valence-corrected chi connectivity index (χ2v) is 6.18. The molecule has 2 aromatic carbocycles. The van der Waals surface area contributed by atoms with Crippen molar-refractivity contribution in [3.05, 3.63) is 83.6 Å². The lowest BCUT2D eigenvalue weighted by molar-refractivity contribution is -0.324. The summed E-state index contributed by atoms with van der Waals surface area (Å²) in [6, 6.07) is 18.8. The van der Waals surface area contributed by atoms with Gasteiger partial charge in [0.2, 0.25) is 0 Å². The van der Waals surface area contributed by atoms with Crippen molar-refractivity contribution in [1.29, 1.82) is 0 Å². The summed E-state index contributed by atoms with van der Waals surface area (Å²) in [5.41, 5.74) is 8.79. The van der Waals surface area contributed by atoms with Gasteiger partial charge in [-0.25, -0.2) is 14.4 Å². The summed E-state index contributed by atoms with van der Waals surface area (Å²) >= 11 is 0. The van der Waals surface area contributed by atoms with E-state index in [1.54, 1.807) is 6.08 Å². The summed E-state index contributed by atoms with van der Waals surface area (Å²) in [7, 11) is 0. The minimum atomic E-state index is -1.70. The van der Waals surface area contributed by atoms with E-state index in [0.717, 1.165) is 16.4 Å². The SMILES string of the molecule is N[C@@H](Cc1ccccc1)[C@@H]1C=C(Cc2ccccc2)N(OC(=O)C(=O)O)O1. The molecular formula is C20H20N2O5. The van der Waals surface area contributed by atoms with Gasteiger partial charge in [-0.15, -0.1) is 0 Å². The number of hydrogen-bond donors (Lipinski definition) is 2. The third kappa shape index (κ3) is 4.93. The summed E-state index contributed by atoms with van der Waals surface area (Å²) in [5, 5.41) is 9.65. The van der Waals surface area contributed by atoms with Crippen molar-refractivity contribution in [2.75, 3.05) is 0 Å². The van der Waals surface area contributed by atoms with E-state index in [0.29, 0.717) is 18.5 Å². The maximum Gasteiger partial charge on any atom is 0.443 e. The highest BCUT2D eigenvalue weighted by Gasteiger charge is 2.33. The number of carbonyl (C=O) groups is 2. The molecule has 0 amide bonds. The van der Waals surface area contributed by atoms with Gasteiger partial charge in [-0.3, -0.25) is 0 Å². The fraction of sp³-hybridized carbons (Fsp3) is 0.200. The molecule has 7 heteroatoms. The van der Waals surface area contributed by atoms with E-state index in [1.807, 2.05) is 60.7 Å². The molecule has 0 fully saturated rings. The fourth-order valence-electron chi connectivity index (χ4n) is 2.79. The normalized spacial score (nSPS) is 17.3. The molecule has 140 valence electrons. The van der Waals surface area contributed by atoms with Crippen molar-refractivity contribution in [2.45, 2.75) is 25.0 Å². The molecule has 0 unspecified atom stereocenters. The predicted molar refractivity (Wildman–Crippen MR) is 96.8 cm³/mol. The van der Waals surface area contributed by atoms with Crippen molar-refractivity contribution in [2.24, 2.45) is 5.73 Å². The minimum Gasteiger partial charge on any atom is -0.473 e. The first-order valence-electron chi connectivity index (χ1n) is 8.49. The topological polar surface area (TPSA) is 102 Å². The number of allylic oxidation sites excluding steroid dienone is 1. The Bertz CT molecular complexity index is 823. The number of carboxylic acids is 1. The van der Waals surface area contributed by atoms with Crippen molar-refractivity contribution >= 4 is 11.9 Å². The zero-order chi connectivity index (χ0) is 19.2. The number of carboxylic acid groups (broad SMARTS) is 1. The number of hydrogen-bond acceptors (Lipinski definition) is 6. The second-order valence-electron chi connectivity index (χ2n) is 6.18. The van der Waals surface area contributed by atoms with E-state index in [2.05, 4.69) is 0 Å². The predicted octanol–water partition coefficient (Wildman–Crippen LogP) is 1.84. The highest BCUT2D eigenvalue weighted by molar-refractivity contribution is 6.28. The number of hydroxylamine groups is 2. The third-order valence-corrected chi connectivity index (χ3v) is 4.11. The standard InChI is InChI=1S/C20H20N2O5/c21-17(12-15-9-5-2-6-10-15)18-13-16(11-14-7-3-1-4-8-14)22(26-18)27-20(25)19(23)24/h1-10,13,17-18H,11-12,21H2,(H,23,24)/t17-,18-/m0/s1. The first-order valence-corrected chi connectivity index (χ1v) is 8.49. The van der Waals surface area contributed by atoms with Crippen LogP contribution in [0.1, 0.15) is 11.1 Å². The average molecular weight is 368 g/mol. The number of rotatable bonds is 6. The zero-order valence-corrected chi connectivity index (χ0v) is 14.5. The van der Waals surface area contributed by atoms with E-state index in [9.17, 15) is 9.59 Å². The Kier molecular flexibility index (Phi) is 5.85. The van der Waals surface area contributed by atoms with Gasteiger partial charge in [0.1, 0.15) is 6.10 Å². The molecule has 0 aliphatic carbocycles. The van der Waals surface area contributed by atoms with Crippen LogP contribution in [0.25, 0.3) is 0 Å². The molecule has 0 bridgehead atoms. The molecule has 1 heterocycles. The number of nitrogens with two attached hydrogens (primary N) is 1. The molecular weight excluding hydrogens is 348 g/mol. The molecule has 0 saturated carbocycles. The molecule has 1 aliphatic heterocycles. The Hall–Kier alpha value is -3.16. The number of nitrogens with zero attached hydrogens (tertiary/aromatic N) is 1. The molecule has 27 heavy (non-hydrogen) atoms. The Labute approximate surface area is 156 Å². The molecule has 0 radical (unpaired) electrons. The van der Waals surface area contributed by atoms with Crippen LogP contribution < -0.4 is 5.73 Å². The molecule has 7 nitrogen and oxygen atoms in total. The first-order chi connectivity index (χ1) is 13.0. The quantitative estimate of drug-likeness (QED) is 0.750. The lowest BCUT2D eigenvalue weighted by Gasteiger charge is -2.22. The van der Waals surface area contributed by atoms with Gasteiger partial charge in [0, 0.05) is 12.5 Å². The average Bonchev–Trinajstić information content (AvgIpc) is 3.06. The first kappa shape index (κ1) is 18.6.